The molecular formula is C33H36N6O2. The maximum absolute atomic E-state index is 5.91. The van der Waals surface area contributed by atoms with Crippen LogP contribution in [0.3, 0.4) is 0 Å². The Hall–Kier alpha value is -4.01. The molecule has 0 saturated carbocycles. The molecule has 3 aliphatic rings. The Bertz CT molecular complexity index is 1500. The molecule has 2 fully saturated rings. The third kappa shape index (κ3) is 5.49. The first kappa shape index (κ1) is 25.9. The Morgan fingerprint density at radius 2 is 1.80 bits per heavy atom. The number of rotatable bonds is 7. The van der Waals surface area contributed by atoms with Crippen LogP contribution in [0.1, 0.15) is 42.6 Å². The molecular weight excluding hydrogens is 512 g/mol. The minimum atomic E-state index is 0.295. The SMILES string of the molecule is C[C@H]1COCCN1c1nc(-c2ccc(Nc3cccc(OCc4ccccc4)n3)cc2)nc2c1CCN1CCCC21. The maximum atomic E-state index is 5.91. The van der Waals surface area contributed by atoms with Crippen molar-refractivity contribution in [3.63, 3.8) is 0 Å². The van der Waals surface area contributed by atoms with Crippen molar-refractivity contribution in [1.29, 1.82) is 0 Å². The highest BCUT2D eigenvalue weighted by atomic mass is 16.5. The summed E-state index contributed by atoms with van der Waals surface area (Å²) >= 11 is 0. The predicted octanol–water partition coefficient (Wildman–Crippen LogP) is 5.78. The summed E-state index contributed by atoms with van der Waals surface area (Å²) in [5, 5.41) is 3.41. The van der Waals surface area contributed by atoms with Gasteiger partial charge in [0.05, 0.1) is 31.0 Å². The average molecular weight is 549 g/mol. The number of morpholine rings is 1. The molecule has 5 heterocycles. The minimum absolute atomic E-state index is 0.295. The first-order valence-electron chi connectivity index (χ1n) is 14.7. The molecule has 8 nitrogen and oxygen atoms in total. The molecule has 2 atom stereocenters. The lowest BCUT2D eigenvalue weighted by molar-refractivity contribution is 0.0983. The van der Waals surface area contributed by atoms with E-state index in [0.29, 0.717) is 24.6 Å². The second-order valence-electron chi connectivity index (χ2n) is 11.1. The Labute approximate surface area is 241 Å². The van der Waals surface area contributed by atoms with Crippen LogP contribution in [0.4, 0.5) is 17.3 Å². The van der Waals surface area contributed by atoms with E-state index >= 15 is 0 Å². The van der Waals surface area contributed by atoms with Gasteiger partial charge < -0.3 is 19.7 Å². The Balaban J connectivity index is 1.13. The fourth-order valence-corrected chi connectivity index (χ4v) is 6.22. The van der Waals surface area contributed by atoms with Crippen molar-refractivity contribution < 1.29 is 9.47 Å². The van der Waals surface area contributed by atoms with Crippen molar-refractivity contribution >= 4 is 17.3 Å². The quantitative estimate of drug-likeness (QED) is 0.312. The molecule has 8 heteroatoms. The van der Waals surface area contributed by atoms with Crippen LogP contribution in [0, 0.1) is 0 Å². The normalized spacial score (nSPS) is 20.4. The van der Waals surface area contributed by atoms with E-state index in [9.17, 15) is 0 Å². The Morgan fingerprint density at radius 3 is 2.66 bits per heavy atom. The lowest BCUT2D eigenvalue weighted by Gasteiger charge is -2.38. The van der Waals surface area contributed by atoms with Gasteiger partial charge in [0.15, 0.2) is 5.82 Å². The third-order valence-electron chi connectivity index (χ3n) is 8.35. The van der Waals surface area contributed by atoms with Crippen molar-refractivity contribution in [2.24, 2.45) is 0 Å². The van der Waals surface area contributed by atoms with E-state index in [1.165, 1.54) is 30.6 Å². The van der Waals surface area contributed by atoms with E-state index in [4.69, 9.17) is 19.4 Å². The summed E-state index contributed by atoms with van der Waals surface area (Å²) in [6.45, 7) is 7.31. The van der Waals surface area contributed by atoms with Crippen LogP contribution in [0.25, 0.3) is 11.4 Å². The van der Waals surface area contributed by atoms with Crippen molar-refractivity contribution in [2.45, 2.75) is 44.9 Å². The van der Waals surface area contributed by atoms with Gasteiger partial charge in [-0.05, 0) is 68.6 Å². The summed E-state index contributed by atoms with van der Waals surface area (Å²) in [6, 6.07) is 24.9. The molecule has 0 aliphatic carbocycles. The highest BCUT2D eigenvalue weighted by Gasteiger charge is 2.36. The lowest BCUT2D eigenvalue weighted by Crippen LogP contribution is -2.45. The molecule has 7 rings (SSSR count). The molecule has 2 aromatic heterocycles. The highest BCUT2D eigenvalue weighted by molar-refractivity contribution is 5.66. The first-order valence-corrected chi connectivity index (χ1v) is 14.7. The number of nitrogens with one attached hydrogen (secondary N) is 1. The van der Waals surface area contributed by atoms with Crippen molar-refractivity contribution in [3.8, 4) is 17.3 Å². The fourth-order valence-electron chi connectivity index (χ4n) is 6.22. The first-order chi connectivity index (χ1) is 20.2. The van der Waals surface area contributed by atoms with Gasteiger partial charge >= 0.3 is 0 Å². The number of hydrogen-bond acceptors (Lipinski definition) is 8. The summed E-state index contributed by atoms with van der Waals surface area (Å²) in [6.07, 6.45) is 3.42. The molecule has 41 heavy (non-hydrogen) atoms. The van der Waals surface area contributed by atoms with E-state index < -0.39 is 0 Å². The van der Waals surface area contributed by atoms with Crippen LogP contribution in [0.15, 0.2) is 72.8 Å². The number of pyridine rings is 1. The van der Waals surface area contributed by atoms with E-state index in [0.717, 1.165) is 67.0 Å². The van der Waals surface area contributed by atoms with E-state index in [-0.39, 0.29) is 0 Å². The topological polar surface area (TPSA) is 75.6 Å². The monoisotopic (exact) mass is 548 g/mol. The van der Waals surface area contributed by atoms with Crippen LogP contribution in [-0.4, -0.2) is 58.7 Å². The van der Waals surface area contributed by atoms with Gasteiger partial charge in [-0.15, -0.1) is 0 Å². The van der Waals surface area contributed by atoms with Crippen LogP contribution >= 0.6 is 0 Å². The third-order valence-corrected chi connectivity index (χ3v) is 8.35. The van der Waals surface area contributed by atoms with Gasteiger partial charge in [-0.2, -0.15) is 4.98 Å². The molecule has 0 bridgehead atoms. The van der Waals surface area contributed by atoms with E-state index in [1.807, 2.05) is 48.5 Å². The molecule has 210 valence electrons. The van der Waals surface area contributed by atoms with E-state index in [2.05, 4.69) is 51.3 Å². The van der Waals surface area contributed by atoms with Gasteiger partial charge in [0.2, 0.25) is 5.88 Å². The summed E-state index contributed by atoms with van der Waals surface area (Å²) in [5.74, 6) is 3.22. The molecule has 2 aromatic carbocycles. The van der Waals surface area contributed by atoms with Crippen LogP contribution < -0.4 is 15.0 Å². The number of benzene rings is 2. The predicted molar refractivity (Wildman–Crippen MR) is 161 cm³/mol. The zero-order valence-corrected chi connectivity index (χ0v) is 23.5. The van der Waals surface area contributed by atoms with Crippen LogP contribution in [-0.2, 0) is 17.8 Å². The average Bonchev–Trinajstić information content (AvgIpc) is 3.51. The van der Waals surface area contributed by atoms with Crippen molar-refractivity contribution in [1.82, 2.24) is 19.9 Å². The summed E-state index contributed by atoms with van der Waals surface area (Å²) in [4.78, 5) is 20.1. The van der Waals surface area contributed by atoms with Gasteiger partial charge in [-0.1, -0.05) is 36.4 Å². The molecule has 0 radical (unpaired) electrons. The molecule has 1 unspecified atom stereocenters. The summed E-state index contributed by atoms with van der Waals surface area (Å²) < 4.78 is 11.7. The number of hydrogen-bond donors (Lipinski definition) is 1. The van der Waals surface area contributed by atoms with Gasteiger partial charge in [-0.3, -0.25) is 4.90 Å². The van der Waals surface area contributed by atoms with Crippen LogP contribution in [0.5, 0.6) is 5.88 Å². The smallest absolute Gasteiger partial charge is 0.215 e. The number of anilines is 3. The Morgan fingerprint density at radius 1 is 0.927 bits per heavy atom. The van der Waals surface area contributed by atoms with Crippen LogP contribution in [0.2, 0.25) is 0 Å². The standard InChI is InChI=1S/C33H36N6O2/c1-23-21-40-20-19-39(23)33-27-16-18-38-17-6-9-28(38)31(27)36-32(37-33)25-12-14-26(15-13-25)34-29-10-5-11-30(35-29)41-22-24-7-3-2-4-8-24/h2-5,7-8,10-15,23,28H,6,9,16-22H2,1H3,(H,34,35)/t23-,28?/m0/s1. The number of nitrogens with zero attached hydrogens (tertiary/aromatic N) is 5. The number of fused-ring (bicyclic) bond motifs is 3. The van der Waals surface area contributed by atoms with Gasteiger partial charge in [0.25, 0.3) is 0 Å². The molecule has 0 spiro atoms. The second kappa shape index (κ2) is 11.5. The zero-order valence-electron chi connectivity index (χ0n) is 23.5. The van der Waals surface area contributed by atoms with Crippen molar-refractivity contribution in [2.75, 3.05) is 43.1 Å². The molecule has 4 aromatic rings. The largest absolute Gasteiger partial charge is 0.473 e. The van der Waals surface area contributed by atoms with Crippen molar-refractivity contribution in [3.05, 3.63) is 89.6 Å². The molecule has 1 N–H and O–H groups in total. The molecule has 0 amide bonds. The second-order valence-corrected chi connectivity index (χ2v) is 11.1. The minimum Gasteiger partial charge on any atom is -0.473 e. The zero-order chi connectivity index (χ0) is 27.6. The van der Waals surface area contributed by atoms with Gasteiger partial charge in [0.1, 0.15) is 18.2 Å². The number of ether oxygens (including phenoxy) is 2. The molecule has 3 aliphatic heterocycles. The maximum Gasteiger partial charge on any atom is 0.215 e. The lowest BCUT2D eigenvalue weighted by atomic mass is 9.97. The fraction of sp³-hybridized carbons (Fsp3) is 0.364. The molecule has 2 saturated heterocycles. The van der Waals surface area contributed by atoms with Gasteiger partial charge in [0, 0.05) is 36.0 Å². The van der Waals surface area contributed by atoms with E-state index in [1.54, 1.807) is 0 Å². The highest BCUT2D eigenvalue weighted by Crippen LogP contribution is 2.41. The number of aromatic nitrogens is 3. The summed E-state index contributed by atoms with van der Waals surface area (Å²) in [5.41, 5.74) is 5.64. The summed E-state index contributed by atoms with van der Waals surface area (Å²) in [7, 11) is 0. The van der Waals surface area contributed by atoms with Gasteiger partial charge in [-0.25, -0.2) is 9.97 Å². The Kier molecular flexibility index (Phi) is 7.25.